The lowest BCUT2D eigenvalue weighted by Crippen LogP contribution is -2.38. The van der Waals surface area contributed by atoms with Crippen LogP contribution in [0.2, 0.25) is 0 Å². The molecule has 0 saturated carbocycles. The zero-order chi connectivity index (χ0) is 17.2. The second kappa shape index (κ2) is 6.64. The van der Waals surface area contributed by atoms with Gasteiger partial charge in [-0.15, -0.1) is 0 Å². The summed E-state index contributed by atoms with van der Waals surface area (Å²) < 4.78 is 5.41. The number of hydrogen-bond donors (Lipinski definition) is 1. The minimum atomic E-state index is -0.275. The van der Waals surface area contributed by atoms with Crippen molar-refractivity contribution < 1.29 is 9.63 Å². The quantitative estimate of drug-likeness (QED) is 0.792. The molecule has 6 heteroatoms. The van der Waals surface area contributed by atoms with E-state index in [9.17, 15) is 5.11 Å². The molecule has 6 nitrogen and oxygen atoms in total. The van der Waals surface area contributed by atoms with Gasteiger partial charge in [-0.2, -0.15) is 4.98 Å². The summed E-state index contributed by atoms with van der Waals surface area (Å²) in [6, 6.07) is 11.8. The molecular formula is C19H20N4O2. The van der Waals surface area contributed by atoms with Gasteiger partial charge in [0.2, 0.25) is 5.82 Å². The van der Waals surface area contributed by atoms with Gasteiger partial charge in [-0.25, -0.2) is 4.98 Å². The summed E-state index contributed by atoms with van der Waals surface area (Å²) in [5.41, 5.74) is 2.85. The molecule has 128 valence electrons. The van der Waals surface area contributed by atoms with Gasteiger partial charge < -0.3 is 14.5 Å². The van der Waals surface area contributed by atoms with Crippen molar-refractivity contribution >= 4 is 5.82 Å². The van der Waals surface area contributed by atoms with Crippen LogP contribution in [0, 0.1) is 6.92 Å². The zero-order valence-corrected chi connectivity index (χ0v) is 14.1. The summed E-state index contributed by atoms with van der Waals surface area (Å²) in [5, 5.41) is 13.9. The predicted octanol–water partition coefficient (Wildman–Crippen LogP) is 3.07. The van der Waals surface area contributed by atoms with Crippen molar-refractivity contribution in [1.29, 1.82) is 0 Å². The number of benzene rings is 1. The Kier molecular flexibility index (Phi) is 4.19. The number of pyridine rings is 1. The second-order valence-corrected chi connectivity index (χ2v) is 6.39. The maximum absolute atomic E-state index is 9.80. The molecule has 0 aliphatic carbocycles. The third-order valence-electron chi connectivity index (χ3n) is 4.53. The molecule has 1 N–H and O–H groups in total. The number of piperidine rings is 1. The molecule has 0 amide bonds. The lowest BCUT2D eigenvalue weighted by atomic mass is 10.1. The minimum absolute atomic E-state index is 0.275. The van der Waals surface area contributed by atoms with Gasteiger partial charge in [0, 0.05) is 24.8 Å². The normalized spacial score (nSPS) is 17.7. The van der Waals surface area contributed by atoms with Gasteiger partial charge in [0.05, 0.1) is 11.7 Å². The van der Waals surface area contributed by atoms with Crippen molar-refractivity contribution in [2.45, 2.75) is 25.9 Å². The number of aryl methyl sites for hydroxylation is 1. The summed E-state index contributed by atoms with van der Waals surface area (Å²) in [6.07, 6.45) is 3.31. The molecule has 3 heterocycles. The number of β-amino-alcohol motifs (C(OH)–C–C–N with tert-alkyl or cyclic N) is 1. The van der Waals surface area contributed by atoms with Crippen LogP contribution < -0.4 is 4.90 Å². The van der Waals surface area contributed by atoms with Gasteiger partial charge in [0.15, 0.2) is 0 Å². The highest BCUT2D eigenvalue weighted by atomic mass is 16.5. The first kappa shape index (κ1) is 15.8. The van der Waals surface area contributed by atoms with Gasteiger partial charge in [-0.05, 0) is 37.5 Å². The Bertz CT molecular complexity index is 860. The Morgan fingerprint density at radius 1 is 1.20 bits per heavy atom. The predicted molar refractivity (Wildman–Crippen MR) is 95.2 cm³/mol. The van der Waals surface area contributed by atoms with Gasteiger partial charge in [-0.3, -0.25) is 0 Å². The average molecular weight is 336 g/mol. The van der Waals surface area contributed by atoms with Crippen LogP contribution in [-0.4, -0.2) is 39.4 Å². The van der Waals surface area contributed by atoms with Gasteiger partial charge in [-0.1, -0.05) is 29.4 Å². The highest BCUT2D eigenvalue weighted by molar-refractivity contribution is 5.62. The fourth-order valence-corrected chi connectivity index (χ4v) is 3.14. The Hall–Kier alpha value is -2.73. The van der Waals surface area contributed by atoms with Crippen molar-refractivity contribution in [1.82, 2.24) is 15.1 Å². The molecule has 3 aromatic rings. The van der Waals surface area contributed by atoms with Gasteiger partial charge in [0.25, 0.3) is 5.89 Å². The molecule has 1 saturated heterocycles. The van der Waals surface area contributed by atoms with E-state index in [-0.39, 0.29) is 6.10 Å². The lowest BCUT2D eigenvalue weighted by Gasteiger charge is -2.30. The second-order valence-electron chi connectivity index (χ2n) is 6.39. The van der Waals surface area contributed by atoms with Crippen LogP contribution in [0.1, 0.15) is 18.4 Å². The van der Waals surface area contributed by atoms with Crippen molar-refractivity contribution in [2.75, 3.05) is 18.0 Å². The van der Waals surface area contributed by atoms with Crippen LogP contribution >= 0.6 is 0 Å². The minimum Gasteiger partial charge on any atom is -0.391 e. The molecule has 1 aromatic carbocycles. The van der Waals surface area contributed by atoms with E-state index in [0.29, 0.717) is 18.3 Å². The van der Waals surface area contributed by atoms with Gasteiger partial charge in [0.1, 0.15) is 5.82 Å². The first-order chi connectivity index (χ1) is 12.2. The molecule has 1 atom stereocenters. The summed E-state index contributed by atoms with van der Waals surface area (Å²) in [6.45, 7) is 3.57. The van der Waals surface area contributed by atoms with Crippen molar-refractivity contribution in [3.05, 3.63) is 48.2 Å². The number of anilines is 1. The van der Waals surface area contributed by atoms with E-state index in [0.717, 1.165) is 41.9 Å². The maximum atomic E-state index is 9.80. The molecule has 1 aliphatic rings. The third-order valence-corrected chi connectivity index (χ3v) is 4.53. The Morgan fingerprint density at radius 3 is 2.84 bits per heavy atom. The smallest absolute Gasteiger partial charge is 0.259 e. The molecular weight excluding hydrogens is 316 g/mol. The Balaban J connectivity index is 1.56. The molecule has 1 unspecified atom stereocenters. The molecule has 1 fully saturated rings. The first-order valence-corrected chi connectivity index (χ1v) is 8.50. The topological polar surface area (TPSA) is 75.3 Å². The number of hydrogen-bond acceptors (Lipinski definition) is 6. The van der Waals surface area contributed by atoms with E-state index in [2.05, 4.69) is 20.0 Å². The Morgan fingerprint density at radius 2 is 2.08 bits per heavy atom. The number of aromatic nitrogens is 3. The van der Waals surface area contributed by atoms with E-state index in [4.69, 9.17) is 4.52 Å². The molecule has 0 spiro atoms. The molecule has 4 rings (SSSR count). The third kappa shape index (κ3) is 3.25. The first-order valence-electron chi connectivity index (χ1n) is 8.50. The van der Waals surface area contributed by atoms with Crippen molar-refractivity contribution in [3.8, 4) is 22.8 Å². The molecule has 0 radical (unpaired) electrons. The number of nitrogens with zero attached hydrogens (tertiary/aromatic N) is 4. The lowest BCUT2D eigenvalue weighted by molar-refractivity contribution is 0.154. The molecule has 25 heavy (non-hydrogen) atoms. The zero-order valence-electron chi connectivity index (χ0n) is 14.1. The summed E-state index contributed by atoms with van der Waals surface area (Å²) >= 11 is 0. The van der Waals surface area contributed by atoms with Crippen LogP contribution in [0.15, 0.2) is 47.1 Å². The Labute approximate surface area is 146 Å². The molecule has 0 bridgehead atoms. The maximum Gasteiger partial charge on any atom is 0.259 e. The van der Waals surface area contributed by atoms with Crippen LogP contribution in [0.4, 0.5) is 5.82 Å². The number of aliphatic hydroxyl groups is 1. The molecule has 1 aliphatic heterocycles. The SMILES string of the molecule is Cc1ccccc1-c1noc(-c2ccc(N3CCCC(O)C3)nc2)n1. The average Bonchev–Trinajstić information content (AvgIpc) is 3.12. The highest BCUT2D eigenvalue weighted by Gasteiger charge is 2.19. The summed E-state index contributed by atoms with van der Waals surface area (Å²) in [4.78, 5) is 11.1. The number of rotatable bonds is 3. The van der Waals surface area contributed by atoms with Crippen LogP contribution in [0.3, 0.4) is 0 Å². The fourth-order valence-electron chi connectivity index (χ4n) is 3.14. The van der Waals surface area contributed by atoms with Crippen molar-refractivity contribution in [3.63, 3.8) is 0 Å². The van der Waals surface area contributed by atoms with E-state index < -0.39 is 0 Å². The van der Waals surface area contributed by atoms with E-state index in [1.165, 1.54) is 0 Å². The standard InChI is InChI=1S/C19H20N4O2/c1-13-5-2-3-7-16(13)18-21-19(25-22-18)14-8-9-17(20-11-14)23-10-4-6-15(24)12-23/h2-3,5,7-9,11,15,24H,4,6,10,12H2,1H3. The summed E-state index contributed by atoms with van der Waals surface area (Å²) in [7, 11) is 0. The van der Waals surface area contributed by atoms with Crippen LogP contribution in [-0.2, 0) is 0 Å². The summed E-state index contributed by atoms with van der Waals surface area (Å²) in [5.74, 6) is 1.90. The number of aliphatic hydroxyl groups excluding tert-OH is 1. The monoisotopic (exact) mass is 336 g/mol. The van der Waals surface area contributed by atoms with Crippen LogP contribution in [0.5, 0.6) is 0 Å². The van der Waals surface area contributed by atoms with E-state index in [1.807, 2.05) is 43.3 Å². The highest BCUT2D eigenvalue weighted by Crippen LogP contribution is 2.25. The molecule has 2 aromatic heterocycles. The largest absolute Gasteiger partial charge is 0.391 e. The van der Waals surface area contributed by atoms with Gasteiger partial charge >= 0.3 is 0 Å². The van der Waals surface area contributed by atoms with Crippen molar-refractivity contribution in [2.24, 2.45) is 0 Å². The van der Waals surface area contributed by atoms with E-state index >= 15 is 0 Å². The van der Waals surface area contributed by atoms with E-state index in [1.54, 1.807) is 6.20 Å². The van der Waals surface area contributed by atoms with Crippen LogP contribution in [0.25, 0.3) is 22.8 Å². The fraction of sp³-hybridized carbons (Fsp3) is 0.316.